The summed E-state index contributed by atoms with van der Waals surface area (Å²) in [5.41, 5.74) is 0.121. The zero-order valence-corrected chi connectivity index (χ0v) is 7.91. The van der Waals surface area contributed by atoms with Crippen molar-refractivity contribution >= 4 is 17.9 Å². The number of halogens is 1. The predicted octanol–water partition coefficient (Wildman–Crippen LogP) is 2.30. The van der Waals surface area contributed by atoms with Crippen LogP contribution in [-0.4, -0.2) is 16.1 Å². The average Bonchev–Trinajstić information content (AvgIpc) is 2.25. The molecule has 0 spiro atoms. The first-order valence-corrected chi connectivity index (χ1v) is 4.11. The summed E-state index contributed by atoms with van der Waals surface area (Å²) in [4.78, 5) is 19.7. The Labute approximate surface area is 89.3 Å². The first kappa shape index (κ1) is 11.6. The number of rotatable bonds is 3. The summed E-state index contributed by atoms with van der Waals surface area (Å²) in [5.74, 6) is 0. The summed E-state index contributed by atoms with van der Waals surface area (Å²) >= 11 is 0. The minimum Gasteiger partial charge on any atom is -0.463 e. The summed E-state index contributed by atoms with van der Waals surface area (Å²) in [6, 6.07) is 5.29. The first-order valence-electron chi connectivity index (χ1n) is 4.11. The van der Waals surface area contributed by atoms with E-state index in [1.54, 1.807) is 0 Å². The molecular weight excluding hydrogens is 219 g/mol. The second kappa shape index (κ2) is 4.87. The van der Waals surface area contributed by atoms with E-state index in [9.17, 15) is 19.4 Å². The Bertz CT molecular complexity index is 447. The molecule has 84 valence electrons. The summed E-state index contributed by atoms with van der Waals surface area (Å²) < 4.78 is 12.9. The molecular formula is C9H7FN2O4. The smallest absolute Gasteiger partial charge is 0.440 e. The zero-order chi connectivity index (χ0) is 12.1. The SMILES string of the molecule is O=C(O)N(F)c1cccc(C=C[N+](=O)[O-])c1. The Balaban J connectivity index is 2.95. The third-order valence-electron chi connectivity index (χ3n) is 1.65. The Morgan fingerprint density at radius 2 is 2.25 bits per heavy atom. The van der Waals surface area contributed by atoms with Crippen molar-refractivity contribution in [3.8, 4) is 0 Å². The van der Waals surface area contributed by atoms with Crippen LogP contribution in [0.4, 0.5) is 15.0 Å². The van der Waals surface area contributed by atoms with Gasteiger partial charge < -0.3 is 5.11 Å². The number of carboxylic acid groups (broad SMARTS) is 1. The van der Waals surface area contributed by atoms with Crippen molar-refractivity contribution in [2.45, 2.75) is 0 Å². The fraction of sp³-hybridized carbons (Fsp3) is 0. The van der Waals surface area contributed by atoms with Crippen molar-refractivity contribution in [1.82, 2.24) is 0 Å². The third-order valence-corrected chi connectivity index (χ3v) is 1.65. The molecule has 0 saturated heterocycles. The lowest BCUT2D eigenvalue weighted by Gasteiger charge is -2.07. The van der Waals surface area contributed by atoms with Gasteiger partial charge in [-0.05, 0) is 17.7 Å². The van der Waals surface area contributed by atoms with Crippen molar-refractivity contribution in [2.24, 2.45) is 0 Å². The van der Waals surface area contributed by atoms with Crippen molar-refractivity contribution in [1.29, 1.82) is 0 Å². The maximum absolute atomic E-state index is 12.9. The highest BCUT2D eigenvalue weighted by Crippen LogP contribution is 2.17. The number of amides is 1. The third kappa shape index (κ3) is 3.05. The van der Waals surface area contributed by atoms with Crippen LogP contribution in [0.1, 0.15) is 5.56 Å². The molecule has 1 rings (SSSR count). The highest BCUT2D eigenvalue weighted by molar-refractivity contribution is 5.83. The normalized spacial score (nSPS) is 10.3. The molecule has 0 aromatic heterocycles. The summed E-state index contributed by atoms with van der Waals surface area (Å²) in [7, 11) is 0. The highest BCUT2D eigenvalue weighted by atomic mass is 19.2. The van der Waals surface area contributed by atoms with Crippen molar-refractivity contribution < 1.29 is 19.3 Å². The molecule has 7 heteroatoms. The first-order chi connectivity index (χ1) is 7.50. The van der Waals surface area contributed by atoms with E-state index in [4.69, 9.17) is 5.11 Å². The molecule has 0 unspecified atom stereocenters. The van der Waals surface area contributed by atoms with E-state index in [0.29, 0.717) is 11.8 Å². The largest absolute Gasteiger partial charge is 0.463 e. The van der Waals surface area contributed by atoms with E-state index in [1.807, 2.05) is 0 Å². The Morgan fingerprint density at radius 1 is 1.56 bits per heavy atom. The van der Waals surface area contributed by atoms with Gasteiger partial charge in [-0.2, -0.15) is 0 Å². The van der Waals surface area contributed by atoms with E-state index in [-0.39, 0.29) is 5.69 Å². The van der Waals surface area contributed by atoms with Crippen LogP contribution in [0.25, 0.3) is 6.08 Å². The Morgan fingerprint density at radius 3 is 2.81 bits per heavy atom. The average molecular weight is 226 g/mol. The zero-order valence-electron chi connectivity index (χ0n) is 7.91. The number of nitro groups is 1. The lowest BCUT2D eigenvalue weighted by Crippen LogP contribution is -2.18. The van der Waals surface area contributed by atoms with Gasteiger partial charge in [-0.15, -0.1) is 5.12 Å². The van der Waals surface area contributed by atoms with Gasteiger partial charge in [0, 0.05) is 6.08 Å². The van der Waals surface area contributed by atoms with E-state index < -0.39 is 16.1 Å². The lowest BCUT2D eigenvalue weighted by atomic mass is 10.2. The van der Waals surface area contributed by atoms with Gasteiger partial charge >= 0.3 is 6.09 Å². The monoisotopic (exact) mass is 226 g/mol. The minimum atomic E-state index is -1.75. The standard InChI is InChI=1S/C9H7FN2O4/c10-12(9(13)14)8-3-1-2-7(6-8)4-5-11(15)16/h1-6H,(H,13,14). The number of hydrogen-bond donors (Lipinski definition) is 1. The van der Waals surface area contributed by atoms with E-state index in [0.717, 1.165) is 6.08 Å². The van der Waals surface area contributed by atoms with Gasteiger partial charge in [0.1, 0.15) is 0 Å². The Hall–Kier alpha value is -2.44. The Kier molecular flexibility index (Phi) is 3.54. The van der Waals surface area contributed by atoms with Crippen LogP contribution >= 0.6 is 0 Å². The number of nitrogens with zero attached hydrogens (tertiary/aromatic N) is 2. The van der Waals surface area contributed by atoms with E-state index >= 15 is 0 Å². The lowest BCUT2D eigenvalue weighted by molar-refractivity contribution is -0.400. The summed E-state index contributed by atoms with van der Waals surface area (Å²) in [5, 5.41) is 17.9. The second-order valence-electron chi connectivity index (χ2n) is 2.76. The molecule has 1 aromatic rings. The van der Waals surface area contributed by atoms with Gasteiger partial charge in [0.25, 0.3) is 0 Å². The summed E-state index contributed by atoms with van der Waals surface area (Å²) in [6.45, 7) is 0. The molecule has 0 aliphatic heterocycles. The predicted molar refractivity (Wildman–Crippen MR) is 54.1 cm³/mol. The fourth-order valence-electron chi connectivity index (χ4n) is 1.01. The molecule has 6 nitrogen and oxygen atoms in total. The fourth-order valence-corrected chi connectivity index (χ4v) is 1.01. The van der Waals surface area contributed by atoms with Crippen LogP contribution in [-0.2, 0) is 0 Å². The van der Waals surface area contributed by atoms with Gasteiger partial charge in [-0.25, -0.2) is 4.79 Å². The quantitative estimate of drug-likeness (QED) is 0.487. The van der Waals surface area contributed by atoms with Crippen LogP contribution in [0.5, 0.6) is 0 Å². The van der Waals surface area contributed by atoms with E-state index in [2.05, 4.69) is 0 Å². The minimum absolute atomic E-state index is 0.210. The molecule has 16 heavy (non-hydrogen) atoms. The van der Waals surface area contributed by atoms with Gasteiger partial charge in [-0.1, -0.05) is 16.6 Å². The second-order valence-corrected chi connectivity index (χ2v) is 2.76. The van der Waals surface area contributed by atoms with Gasteiger partial charge in [0.15, 0.2) is 0 Å². The van der Waals surface area contributed by atoms with E-state index in [1.165, 1.54) is 24.3 Å². The molecule has 0 fully saturated rings. The van der Waals surface area contributed by atoms with Gasteiger partial charge in [0.2, 0.25) is 6.20 Å². The molecule has 0 atom stereocenters. The molecule has 0 heterocycles. The number of hydrogen-bond acceptors (Lipinski definition) is 3. The van der Waals surface area contributed by atoms with Crippen molar-refractivity contribution in [3.05, 3.63) is 46.1 Å². The summed E-state index contributed by atoms with van der Waals surface area (Å²) in [6.07, 6.45) is 0.0668. The molecule has 0 saturated carbocycles. The van der Waals surface area contributed by atoms with Crippen LogP contribution in [0, 0.1) is 10.1 Å². The highest BCUT2D eigenvalue weighted by Gasteiger charge is 2.12. The molecule has 0 radical (unpaired) electrons. The maximum atomic E-state index is 12.9. The molecule has 0 aliphatic rings. The van der Waals surface area contributed by atoms with Gasteiger partial charge in [0.05, 0.1) is 10.6 Å². The molecule has 1 aromatic carbocycles. The molecule has 1 amide bonds. The molecule has 1 N–H and O–H groups in total. The number of carbonyl (C=O) groups is 1. The number of anilines is 1. The van der Waals surface area contributed by atoms with Gasteiger partial charge in [-0.3, -0.25) is 10.1 Å². The molecule has 0 bridgehead atoms. The topological polar surface area (TPSA) is 83.7 Å². The van der Waals surface area contributed by atoms with Crippen molar-refractivity contribution in [3.63, 3.8) is 0 Å². The van der Waals surface area contributed by atoms with Crippen LogP contribution in [0.2, 0.25) is 0 Å². The van der Waals surface area contributed by atoms with Crippen LogP contribution < -0.4 is 5.12 Å². The number of benzene rings is 1. The molecule has 0 aliphatic carbocycles. The van der Waals surface area contributed by atoms with Crippen molar-refractivity contribution in [2.75, 3.05) is 5.12 Å². The van der Waals surface area contributed by atoms with Crippen LogP contribution in [0.3, 0.4) is 0 Å². The maximum Gasteiger partial charge on any atom is 0.440 e. The van der Waals surface area contributed by atoms with Crippen LogP contribution in [0.15, 0.2) is 30.5 Å².